The van der Waals surface area contributed by atoms with Crippen LogP contribution in [-0.2, 0) is 0 Å². The average Bonchev–Trinajstić information content (AvgIpc) is 2.67. The molecule has 1 amide bonds. The zero-order chi connectivity index (χ0) is 17.9. The number of hydrazone groups is 1. The molecule has 4 rings (SSSR count). The largest absolute Gasteiger partial charge is 0.274 e. The molecule has 0 spiro atoms. The summed E-state index contributed by atoms with van der Waals surface area (Å²) in [7, 11) is 0. The minimum atomic E-state index is -0.580. The highest BCUT2D eigenvalue weighted by molar-refractivity contribution is 6.13. The maximum Gasteiger partial charge on any atom is 0.274 e. The van der Waals surface area contributed by atoms with E-state index in [-0.39, 0.29) is 5.56 Å². The molecular weight excluding hydrogens is 327 g/mol. The Morgan fingerprint density at radius 3 is 2.08 bits per heavy atom. The van der Waals surface area contributed by atoms with E-state index in [1.807, 2.05) is 48.5 Å². The maximum atomic E-state index is 13.7. The number of hydrogen-bond donors (Lipinski definition) is 1. The number of hydrogen-bond acceptors (Lipinski definition) is 2. The quantitative estimate of drug-likeness (QED) is 0.321. The Balaban J connectivity index is 1.73. The molecule has 0 atom stereocenters. The van der Waals surface area contributed by atoms with E-state index in [0.717, 1.165) is 27.1 Å². The van der Waals surface area contributed by atoms with Gasteiger partial charge in [0.15, 0.2) is 0 Å². The first kappa shape index (κ1) is 16.0. The van der Waals surface area contributed by atoms with Gasteiger partial charge in [-0.2, -0.15) is 5.10 Å². The Hall–Kier alpha value is -3.53. The molecule has 126 valence electrons. The second kappa shape index (κ2) is 6.76. The molecule has 0 aliphatic heterocycles. The number of carbonyl (C=O) groups is 1. The van der Waals surface area contributed by atoms with Gasteiger partial charge in [0, 0.05) is 5.56 Å². The van der Waals surface area contributed by atoms with Crippen LogP contribution in [0.4, 0.5) is 4.39 Å². The fourth-order valence-electron chi connectivity index (χ4n) is 3.05. The van der Waals surface area contributed by atoms with Gasteiger partial charge < -0.3 is 0 Å². The molecule has 26 heavy (non-hydrogen) atoms. The molecule has 4 heteroatoms. The lowest BCUT2D eigenvalue weighted by Gasteiger charge is -2.08. The monoisotopic (exact) mass is 342 g/mol. The molecule has 1 N–H and O–H groups in total. The van der Waals surface area contributed by atoms with Crippen LogP contribution in [0.15, 0.2) is 84.0 Å². The maximum absolute atomic E-state index is 13.7. The molecule has 0 saturated heterocycles. The van der Waals surface area contributed by atoms with E-state index in [4.69, 9.17) is 0 Å². The van der Waals surface area contributed by atoms with Gasteiger partial charge in [-0.1, -0.05) is 60.7 Å². The van der Waals surface area contributed by atoms with Gasteiger partial charge >= 0.3 is 0 Å². The van der Waals surface area contributed by atoms with Crippen molar-refractivity contribution in [1.29, 1.82) is 0 Å². The predicted molar refractivity (Wildman–Crippen MR) is 103 cm³/mol. The Bertz CT molecular complexity index is 1100. The standard InChI is InChI=1S/C22H15FN2O/c23-21-12-6-5-11-19(21)22(26)25-24-14-20-17-9-3-1-7-15(17)13-16-8-2-4-10-18(16)20/h1-14H,(H,25,26)/b24-14+. The third-order valence-corrected chi connectivity index (χ3v) is 4.29. The smallest absolute Gasteiger partial charge is 0.267 e. The van der Waals surface area contributed by atoms with E-state index in [1.165, 1.54) is 18.2 Å². The van der Waals surface area contributed by atoms with Crippen molar-refractivity contribution in [3.63, 3.8) is 0 Å². The first-order chi connectivity index (χ1) is 12.7. The molecule has 0 unspecified atom stereocenters. The van der Waals surface area contributed by atoms with Crippen molar-refractivity contribution in [1.82, 2.24) is 5.43 Å². The van der Waals surface area contributed by atoms with E-state index in [9.17, 15) is 9.18 Å². The van der Waals surface area contributed by atoms with E-state index in [0.29, 0.717) is 0 Å². The highest BCUT2D eigenvalue weighted by atomic mass is 19.1. The third-order valence-electron chi connectivity index (χ3n) is 4.29. The van der Waals surface area contributed by atoms with Crippen LogP contribution in [-0.4, -0.2) is 12.1 Å². The molecule has 4 aromatic carbocycles. The van der Waals surface area contributed by atoms with Crippen LogP contribution in [0.5, 0.6) is 0 Å². The van der Waals surface area contributed by atoms with Gasteiger partial charge in [-0.05, 0) is 39.7 Å². The Labute approximate surface area is 149 Å². The van der Waals surface area contributed by atoms with Crippen LogP contribution >= 0.6 is 0 Å². The van der Waals surface area contributed by atoms with Gasteiger partial charge in [0.25, 0.3) is 5.91 Å². The number of amides is 1. The lowest BCUT2D eigenvalue weighted by molar-refractivity contribution is 0.0951. The summed E-state index contributed by atoms with van der Waals surface area (Å²) in [5, 5.41) is 8.32. The molecule has 0 radical (unpaired) electrons. The Morgan fingerprint density at radius 2 is 1.42 bits per heavy atom. The molecule has 0 aliphatic rings. The second-order valence-electron chi connectivity index (χ2n) is 5.91. The number of benzene rings is 4. The van der Waals surface area contributed by atoms with Crippen molar-refractivity contribution in [3.8, 4) is 0 Å². The molecule has 0 bridgehead atoms. The zero-order valence-electron chi connectivity index (χ0n) is 13.8. The lowest BCUT2D eigenvalue weighted by atomic mass is 9.97. The van der Waals surface area contributed by atoms with Crippen molar-refractivity contribution >= 4 is 33.7 Å². The number of rotatable bonds is 3. The van der Waals surface area contributed by atoms with E-state index in [1.54, 1.807) is 12.3 Å². The lowest BCUT2D eigenvalue weighted by Crippen LogP contribution is -2.19. The van der Waals surface area contributed by atoms with Crippen molar-refractivity contribution in [3.05, 3.63) is 95.8 Å². The minimum Gasteiger partial charge on any atom is -0.267 e. The van der Waals surface area contributed by atoms with Gasteiger partial charge in [0.1, 0.15) is 5.82 Å². The fourth-order valence-corrected chi connectivity index (χ4v) is 3.05. The van der Waals surface area contributed by atoms with E-state index >= 15 is 0 Å². The number of nitrogens with one attached hydrogen (secondary N) is 1. The summed E-state index contributed by atoms with van der Waals surface area (Å²) in [6.45, 7) is 0. The SMILES string of the molecule is O=C(N/N=C/c1c2ccccc2cc2ccccc12)c1ccccc1F. The number of fused-ring (bicyclic) bond motifs is 2. The Kier molecular flexibility index (Phi) is 4.15. The predicted octanol–water partition coefficient (Wildman–Crippen LogP) is 4.90. The van der Waals surface area contributed by atoms with Crippen molar-refractivity contribution in [2.24, 2.45) is 5.10 Å². The van der Waals surface area contributed by atoms with Gasteiger partial charge in [-0.25, -0.2) is 9.82 Å². The van der Waals surface area contributed by atoms with Crippen LogP contribution in [0, 0.1) is 5.82 Å². The van der Waals surface area contributed by atoms with Gasteiger partial charge in [-0.15, -0.1) is 0 Å². The van der Waals surface area contributed by atoms with Crippen molar-refractivity contribution in [2.75, 3.05) is 0 Å². The van der Waals surface area contributed by atoms with Crippen LogP contribution in [0.2, 0.25) is 0 Å². The van der Waals surface area contributed by atoms with Gasteiger partial charge in [0.2, 0.25) is 0 Å². The summed E-state index contributed by atoms with van der Waals surface area (Å²) in [5.41, 5.74) is 3.28. The van der Waals surface area contributed by atoms with E-state index in [2.05, 4.69) is 16.6 Å². The van der Waals surface area contributed by atoms with Crippen molar-refractivity contribution in [2.45, 2.75) is 0 Å². The summed E-state index contributed by atoms with van der Waals surface area (Å²) >= 11 is 0. The van der Waals surface area contributed by atoms with Crippen LogP contribution < -0.4 is 5.43 Å². The molecule has 0 aromatic heterocycles. The zero-order valence-corrected chi connectivity index (χ0v) is 13.8. The second-order valence-corrected chi connectivity index (χ2v) is 5.91. The van der Waals surface area contributed by atoms with Crippen LogP contribution in [0.1, 0.15) is 15.9 Å². The molecule has 0 aliphatic carbocycles. The average molecular weight is 342 g/mol. The molecule has 0 fully saturated rings. The normalized spacial score (nSPS) is 11.3. The molecule has 3 nitrogen and oxygen atoms in total. The number of nitrogens with zero attached hydrogens (tertiary/aromatic N) is 1. The number of halogens is 1. The van der Waals surface area contributed by atoms with E-state index < -0.39 is 11.7 Å². The number of carbonyl (C=O) groups excluding carboxylic acids is 1. The van der Waals surface area contributed by atoms with Gasteiger partial charge in [-0.3, -0.25) is 4.79 Å². The highest BCUT2D eigenvalue weighted by Crippen LogP contribution is 2.27. The summed E-state index contributed by atoms with van der Waals surface area (Å²) in [6, 6.07) is 24.0. The summed E-state index contributed by atoms with van der Waals surface area (Å²) < 4.78 is 13.7. The van der Waals surface area contributed by atoms with Gasteiger partial charge in [0.05, 0.1) is 11.8 Å². The highest BCUT2D eigenvalue weighted by Gasteiger charge is 2.10. The first-order valence-corrected chi connectivity index (χ1v) is 8.22. The van der Waals surface area contributed by atoms with Crippen LogP contribution in [0.25, 0.3) is 21.5 Å². The summed E-state index contributed by atoms with van der Waals surface area (Å²) in [6.07, 6.45) is 1.61. The minimum absolute atomic E-state index is 0.0348. The molecular formula is C22H15FN2O. The molecule has 4 aromatic rings. The Morgan fingerprint density at radius 1 is 0.846 bits per heavy atom. The summed E-state index contributed by atoms with van der Waals surface area (Å²) in [4.78, 5) is 12.1. The van der Waals surface area contributed by atoms with Crippen LogP contribution in [0.3, 0.4) is 0 Å². The first-order valence-electron chi connectivity index (χ1n) is 8.22. The third kappa shape index (κ3) is 2.93. The molecule has 0 heterocycles. The topological polar surface area (TPSA) is 41.5 Å². The summed E-state index contributed by atoms with van der Waals surface area (Å²) in [5.74, 6) is -1.15. The van der Waals surface area contributed by atoms with Crippen molar-refractivity contribution < 1.29 is 9.18 Å². The fraction of sp³-hybridized carbons (Fsp3) is 0. The molecule has 0 saturated carbocycles.